The fourth-order valence-corrected chi connectivity index (χ4v) is 2.30. The van der Waals surface area contributed by atoms with E-state index >= 15 is 0 Å². The van der Waals surface area contributed by atoms with Crippen LogP contribution in [0, 0.1) is 0 Å². The van der Waals surface area contributed by atoms with E-state index < -0.39 is 0 Å². The van der Waals surface area contributed by atoms with E-state index in [2.05, 4.69) is 21.2 Å². The number of thiocarbonyl (C=S) groups is 1. The zero-order valence-corrected chi connectivity index (χ0v) is 13.3. The second-order valence-electron chi connectivity index (χ2n) is 4.02. The van der Waals surface area contributed by atoms with Gasteiger partial charge in [-0.2, -0.15) is 0 Å². The van der Waals surface area contributed by atoms with E-state index in [-0.39, 0.29) is 10.9 Å². The first kappa shape index (κ1) is 15.0. The zero-order valence-electron chi connectivity index (χ0n) is 10.2. The summed E-state index contributed by atoms with van der Waals surface area (Å²) in [6.45, 7) is 0. The van der Waals surface area contributed by atoms with Crippen LogP contribution in [0.5, 0.6) is 0 Å². The van der Waals surface area contributed by atoms with Gasteiger partial charge in [0, 0.05) is 20.6 Å². The monoisotopic (exact) mass is 368 g/mol. The Labute approximate surface area is 135 Å². The number of benzene rings is 2. The minimum absolute atomic E-state index is 0.226. The third kappa shape index (κ3) is 3.56. The number of anilines is 1. The summed E-state index contributed by atoms with van der Waals surface area (Å²) in [6.07, 6.45) is 0. The fourth-order valence-electron chi connectivity index (χ4n) is 1.63. The van der Waals surface area contributed by atoms with Crippen LogP contribution in [0.4, 0.5) is 5.69 Å². The number of nitrogens with two attached hydrogens (primary N) is 1. The molecule has 0 aliphatic carbocycles. The average molecular weight is 370 g/mol. The molecule has 1 amide bonds. The number of amides is 1. The lowest BCUT2D eigenvalue weighted by molar-refractivity contribution is 0.102. The molecule has 2 aromatic rings. The molecule has 0 fully saturated rings. The predicted octanol–water partition coefficient (Wildman–Crippen LogP) is 3.99. The minimum Gasteiger partial charge on any atom is -0.389 e. The number of rotatable bonds is 3. The summed E-state index contributed by atoms with van der Waals surface area (Å²) in [7, 11) is 0. The molecule has 0 heterocycles. The maximum atomic E-state index is 12.2. The molecule has 0 saturated carbocycles. The van der Waals surface area contributed by atoms with Gasteiger partial charge in [0.15, 0.2) is 0 Å². The molecule has 0 unspecified atom stereocenters. The SMILES string of the molecule is NC(=S)c1ccc(Br)cc1NC(=O)c1ccc(Cl)cc1. The van der Waals surface area contributed by atoms with Crippen molar-refractivity contribution in [1.82, 2.24) is 0 Å². The Balaban J connectivity index is 2.29. The van der Waals surface area contributed by atoms with Gasteiger partial charge in [-0.25, -0.2) is 0 Å². The summed E-state index contributed by atoms with van der Waals surface area (Å²) in [5.74, 6) is -0.253. The van der Waals surface area contributed by atoms with Gasteiger partial charge in [-0.3, -0.25) is 4.79 Å². The Morgan fingerprint density at radius 2 is 1.85 bits per heavy atom. The van der Waals surface area contributed by atoms with Crippen molar-refractivity contribution < 1.29 is 4.79 Å². The second kappa shape index (κ2) is 6.35. The van der Waals surface area contributed by atoms with Crippen LogP contribution < -0.4 is 11.1 Å². The number of hydrogen-bond donors (Lipinski definition) is 2. The van der Waals surface area contributed by atoms with Gasteiger partial charge in [0.1, 0.15) is 4.99 Å². The highest BCUT2D eigenvalue weighted by atomic mass is 79.9. The summed E-state index contributed by atoms with van der Waals surface area (Å²) < 4.78 is 0.823. The molecule has 0 aliphatic heterocycles. The molecule has 2 rings (SSSR count). The van der Waals surface area contributed by atoms with Crippen LogP contribution in [-0.2, 0) is 0 Å². The van der Waals surface area contributed by atoms with Crippen LogP contribution in [0.2, 0.25) is 5.02 Å². The van der Waals surface area contributed by atoms with Crippen LogP contribution in [0.3, 0.4) is 0 Å². The summed E-state index contributed by atoms with van der Waals surface area (Å²) in [6, 6.07) is 11.9. The Hall–Kier alpha value is -1.43. The summed E-state index contributed by atoms with van der Waals surface area (Å²) in [5.41, 5.74) is 7.33. The molecule has 2 aromatic carbocycles. The van der Waals surface area contributed by atoms with Gasteiger partial charge in [-0.05, 0) is 42.5 Å². The first-order chi connectivity index (χ1) is 9.47. The largest absolute Gasteiger partial charge is 0.389 e. The maximum Gasteiger partial charge on any atom is 0.255 e. The number of nitrogens with one attached hydrogen (secondary N) is 1. The first-order valence-corrected chi connectivity index (χ1v) is 7.21. The van der Waals surface area contributed by atoms with Crippen molar-refractivity contribution in [3.05, 3.63) is 63.1 Å². The lowest BCUT2D eigenvalue weighted by Crippen LogP contribution is -2.17. The van der Waals surface area contributed by atoms with Gasteiger partial charge in [-0.15, -0.1) is 0 Å². The van der Waals surface area contributed by atoms with Crippen molar-refractivity contribution in [1.29, 1.82) is 0 Å². The molecule has 3 N–H and O–H groups in total. The molecule has 0 atom stereocenters. The third-order valence-electron chi connectivity index (χ3n) is 2.60. The Kier molecular flexibility index (Phi) is 4.75. The van der Waals surface area contributed by atoms with E-state index in [1.807, 2.05) is 6.07 Å². The highest BCUT2D eigenvalue weighted by molar-refractivity contribution is 9.10. The Morgan fingerprint density at radius 3 is 2.45 bits per heavy atom. The zero-order chi connectivity index (χ0) is 14.7. The van der Waals surface area contributed by atoms with Crippen LogP contribution in [0.15, 0.2) is 46.9 Å². The van der Waals surface area contributed by atoms with E-state index in [0.29, 0.717) is 21.8 Å². The molecular formula is C14H10BrClN2OS. The van der Waals surface area contributed by atoms with E-state index in [1.165, 1.54) is 0 Å². The van der Waals surface area contributed by atoms with E-state index in [1.54, 1.807) is 36.4 Å². The maximum absolute atomic E-state index is 12.2. The highest BCUT2D eigenvalue weighted by Gasteiger charge is 2.11. The second-order valence-corrected chi connectivity index (χ2v) is 5.81. The van der Waals surface area contributed by atoms with Gasteiger partial charge < -0.3 is 11.1 Å². The van der Waals surface area contributed by atoms with Crippen LogP contribution >= 0.6 is 39.7 Å². The van der Waals surface area contributed by atoms with Gasteiger partial charge in [-0.1, -0.05) is 39.7 Å². The topological polar surface area (TPSA) is 55.1 Å². The lowest BCUT2D eigenvalue weighted by atomic mass is 10.1. The predicted molar refractivity (Wildman–Crippen MR) is 89.4 cm³/mol. The van der Waals surface area contributed by atoms with Crippen molar-refractivity contribution in [3.8, 4) is 0 Å². The quantitative estimate of drug-likeness (QED) is 0.804. The molecule has 0 radical (unpaired) electrons. The summed E-state index contributed by atoms with van der Waals surface area (Å²) in [5, 5.41) is 3.37. The first-order valence-electron chi connectivity index (χ1n) is 5.63. The standard InChI is InChI=1S/C14H10BrClN2OS/c15-9-3-6-11(13(17)20)12(7-9)18-14(19)8-1-4-10(16)5-2-8/h1-7H,(H2,17,20)(H,18,19). The van der Waals surface area contributed by atoms with Crippen molar-refractivity contribution in [3.63, 3.8) is 0 Å². The fraction of sp³-hybridized carbons (Fsp3) is 0. The molecular weight excluding hydrogens is 360 g/mol. The van der Waals surface area contributed by atoms with E-state index in [4.69, 9.17) is 29.6 Å². The minimum atomic E-state index is -0.253. The lowest BCUT2D eigenvalue weighted by Gasteiger charge is -2.11. The molecule has 20 heavy (non-hydrogen) atoms. The van der Waals surface area contributed by atoms with Gasteiger partial charge in [0.25, 0.3) is 5.91 Å². The van der Waals surface area contributed by atoms with Crippen molar-refractivity contribution in [2.45, 2.75) is 0 Å². The Morgan fingerprint density at radius 1 is 1.20 bits per heavy atom. The van der Waals surface area contributed by atoms with Crippen LogP contribution in [-0.4, -0.2) is 10.9 Å². The van der Waals surface area contributed by atoms with Crippen molar-refractivity contribution >= 4 is 56.3 Å². The van der Waals surface area contributed by atoms with Gasteiger partial charge in [0.2, 0.25) is 0 Å². The van der Waals surface area contributed by atoms with Crippen LogP contribution in [0.25, 0.3) is 0 Å². The molecule has 0 spiro atoms. The molecule has 102 valence electrons. The molecule has 3 nitrogen and oxygen atoms in total. The van der Waals surface area contributed by atoms with Crippen LogP contribution in [0.1, 0.15) is 15.9 Å². The number of carbonyl (C=O) groups excluding carboxylic acids is 1. The molecule has 0 aliphatic rings. The highest BCUT2D eigenvalue weighted by Crippen LogP contribution is 2.22. The van der Waals surface area contributed by atoms with E-state index in [9.17, 15) is 4.79 Å². The molecule has 6 heteroatoms. The number of hydrogen-bond acceptors (Lipinski definition) is 2. The molecule has 0 aromatic heterocycles. The normalized spacial score (nSPS) is 10.1. The van der Waals surface area contributed by atoms with Crippen molar-refractivity contribution in [2.75, 3.05) is 5.32 Å². The molecule has 0 saturated heterocycles. The number of halogens is 2. The van der Waals surface area contributed by atoms with Crippen molar-refractivity contribution in [2.24, 2.45) is 5.73 Å². The Bertz CT molecular complexity index is 673. The summed E-state index contributed by atoms with van der Waals surface area (Å²) in [4.78, 5) is 12.4. The van der Waals surface area contributed by atoms with Gasteiger partial charge >= 0.3 is 0 Å². The third-order valence-corrected chi connectivity index (χ3v) is 3.57. The smallest absolute Gasteiger partial charge is 0.255 e. The number of carbonyl (C=O) groups is 1. The summed E-state index contributed by atoms with van der Waals surface area (Å²) >= 11 is 14.1. The molecule has 0 bridgehead atoms. The average Bonchev–Trinajstić information content (AvgIpc) is 2.39. The van der Waals surface area contributed by atoms with E-state index in [0.717, 1.165) is 4.47 Å². The van der Waals surface area contributed by atoms with Gasteiger partial charge in [0.05, 0.1) is 5.69 Å².